The molecule has 30 heavy (non-hydrogen) atoms. The summed E-state index contributed by atoms with van der Waals surface area (Å²) in [5.41, 5.74) is 2.25. The molecule has 0 saturated heterocycles. The molecule has 0 amide bonds. The zero-order valence-electron chi connectivity index (χ0n) is 25.2. The number of methoxy groups -OCH3 is 2. The van der Waals surface area contributed by atoms with Crippen LogP contribution in [0.4, 0.5) is 0 Å². The van der Waals surface area contributed by atoms with E-state index < -0.39 is 5.79 Å². The van der Waals surface area contributed by atoms with Gasteiger partial charge in [-0.15, -0.1) is 13.2 Å². The fraction of sp³-hybridized carbons (Fsp3) is 0.929. The third-order valence-electron chi connectivity index (χ3n) is 5.48. The Labute approximate surface area is 194 Å². The van der Waals surface area contributed by atoms with E-state index in [4.69, 9.17) is 9.47 Å². The maximum absolute atomic E-state index is 4.86. The van der Waals surface area contributed by atoms with Gasteiger partial charge in [0, 0.05) is 14.2 Å². The van der Waals surface area contributed by atoms with E-state index >= 15 is 0 Å². The van der Waals surface area contributed by atoms with Crippen LogP contribution in [0.15, 0.2) is 13.2 Å². The van der Waals surface area contributed by atoms with Crippen molar-refractivity contribution in [1.82, 2.24) is 0 Å². The average Bonchev–Trinajstić information content (AvgIpc) is 2.45. The first-order chi connectivity index (χ1) is 12.6. The van der Waals surface area contributed by atoms with Crippen LogP contribution in [0, 0.1) is 27.1 Å². The Balaban J connectivity index is -0.0000000911. The molecule has 0 heterocycles. The molecule has 0 aromatic heterocycles. The Morgan fingerprint density at radius 2 is 0.467 bits per heavy atom. The lowest BCUT2D eigenvalue weighted by molar-refractivity contribution is -0.178. The monoisotopic (exact) mass is 432 g/mol. The molecule has 2 heteroatoms. The number of hydrogen-bond acceptors (Lipinski definition) is 2. The topological polar surface area (TPSA) is 18.5 Å². The van der Waals surface area contributed by atoms with Gasteiger partial charge in [0.2, 0.25) is 0 Å². The minimum absolute atomic E-state index is 0.417. The van der Waals surface area contributed by atoms with E-state index in [9.17, 15) is 0 Å². The highest BCUT2D eigenvalue weighted by molar-refractivity contribution is 4.77. The number of hydrogen-bond donors (Lipinski definition) is 0. The lowest BCUT2D eigenvalue weighted by atomic mass is 9.71. The fourth-order valence-corrected chi connectivity index (χ4v) is 0.0833. The summed E-state index contributed by atoms with van der Waals surface area (Å²) in [6.07, 6.45) is 0. The first kappa shape index (κ1) is 40.1. The van der Waals surface area contributed by atoms with Crippen molar-refractivity contribution in [3.8, 4) is 0 Å². The predicted molar refractivity (Wildman–Crippen MR) is 142 cm³/mol. The van der Waals surface area contributed by atoms with Gasteiger partial charge in [0.05, 0.1) is 0 Å². The highest BCUT2D eigenvalue weighted by Gasteiger charge is 2.27. The Morgan fingerprint density at radius 1 is 0.367 bits per heavy atom. The van der Waals surface area contributed by atoms with Crippen molar-refractivity contribution in [1.29, 1.82) is 0 Å². The molecular formula is C28H64O2. The molecule has 0 rings (SSSR count). The van der Waals surface area contributed by atoms with Crippen LogP contribution in [-0.2, 0) is 9.47 Å². The highest BCUT2D eigenvalue weighted by atomic mass is 16.7. The molecule has 0 aliphatic heterocycles. The van der Waals surface area contributed by atoms with E-state index in [0.29, 0.717) is 27.1 Å². The lowest BCUT2D eigenvalue weighted by Gasteiger charge is -2.34. The van der Waals surface area contributed by atoms with Crippen molar-refractivity contribution in [3.05, 3.63) is 13.2 Å². The Kier molecular flexibility index (Phi) is 20.6. The zero-order chi connectivity index (χ0) is 26.4. The first-order valence-corrected chi connectivity index (χ1v) is 11.2. The molecule has 188 valence electrons. The highest BCUT2D eigenvalue weighted by Crippen LogP contribution is 2.37. The van der Waals surface area contributed by atoms with Gasteiger partial charge >= 0.3 is 0 Å². The molecule has 0 spiro atoms. The van der Waals surface area contributed by atoms with Gasteiger partial charge in [-0.25, -0.2) is 0 Å². The maximum Gasteiger partial charge on any atom is 0.161 e. The molecule has 0 aliphatic rings. The molecule has 0 aromatic carbocycles. The van der Waals surface area contributed by atoms with Gasteiger partial charge in [0.1, 0.15) is 0 Å². The van der Waals surface area contributed by atoms with E-state index in [2.05, 4.69) is 124 Å². The van der Waals surface area contributed by atoms with Gasteiger partial charge in [-0.1, -0.05) is 111 Å². The van der Waals surface area contributed by atoms with E-state index in [1.807, 2.05) is 13.8 Å². The summed E-state index contributed by atoms with van der Waals surface area (Å²) in [5.74, 6) is -0.417. The second kappa shape index (κ2) is 15.5. The molecule has 0 aromatic rings. The van der Waals surface area contributed by atoms with Gasteiger partial charge in [-0.3, -0.25) is 0 Å². The number of ether oxygens (including phenoxy) is 2. The minimum atomic E-state index is -0.417. The Bertz CT molecular complexity index is 311. The molecule has 0 atom stereocenters. The van der Waals surface area contributed by atoms with Crippen molar-refractivity contribution in [3.63, 3.8) is 0 Å². The third-order valence-corrected chi connectivity index (χ3v) is 5.48. The third kappa shape index (κ3) is 35.1. The van der Waals surface area contributed by atoms with E-state index in [1.54, 1.807) is 14.2 Å². The summed E-state index contributed by atoms with van der Waals surface area (Å²) in [5, 5.41) is 0. The molecule has 0 aliphatic carbocycles. The van der Waals surface area contributed by atoms with Crippen molar-refractivity contribution < 1.29 is 9.47 Å². The molecule has 0 N–H and O–H groups in total. The van der Waals surface area contributed by atoms with Crippen LogP contribution in [0.1, 0.15) is 125 Å². The van der Waals surface area contributed by atoms with Crippen molar-refractivity contribution in [2.75, 3.05) is 14.2 Å². The summed E-state index contributed by atoms with van der Waals surface area (Å²) in [6, 6.07) is 0. The first-order valence-electron chi connectivity index (χ1n) is 11.2. The van der Waals surface area contributed by atoms with Crippen molar-refractivity contribution >= 4 is 0 Å². The van der Waals surface area contributed by atoms with Crippen molar-refractivity contribution in [2.45, 2.75) is 130 Å². The summed E-state index contributed by atoms with van der Waals surface area (Å²) < 4.78 is 9.73. The fourth-order valence-electron chi connectivity index (χ4n) is 0.0833. The Hall–Kier alpha value is -0.340. The van der Waals surface area contributed by atoms with Crippen LogP contribution in [-0.4, -0.2) is 20.0 Å². The standard InChI is InChI=1S/2C8H18.C5H12O2.C5H12.C2H4/c2*1-7(2,3)8(4,5)6;1-5(2,6-3)7-4;1-5(2,3)4;1-2/h2*1-6H3;1-4H3;1-4H3;1-2H2. The second-order valence-corrected chi connectivity index (χ2v) is 13.8. The predicted octanol–water partition coefficient (Wildman–Crippen LogP) is 10.0. The van der Waals surface area contributed by atoms with Crippen LogP contribution in [0.3, 0.4) is 0 Å². The molecule has 2 nitrogen and oxygen atoms in total. The molecule has 0 unspecified atom stereocenters. The second-order valence-electron chi connectivity index (χ2n) is 13.8. The molecule has 0 saturated carbocycles. The maximum atomic E-state index is 4.86. The minimum Gasteiger partial charge on any atom is -0.354 e. The molecule has 0 radical (unpaired) electrons. The molecule has 0 fully saturated rings. The Morgan fingerprint density at radius 3 is 0.467 bits per heavy atom. The van der Waals surface area contributed by atoms with Gasteiger partial charge in [-0.2, -0.15) is 0 Å². The lowest BCUT2D eigenvalue weighted by Crippen LogP contribution is -2.25. The normalized spacial score (nSPS) is 12.5. The SMILES string of the molecule is C=C.CC(C)(C)C.CC(C)(C)C(C)(C)C.CC(C)(C)C(C)(C)C.COC(C)(C)OC. The summed E-state index contributed by atoms with van der Waals surface area (Å²) >= 11 is 0. The van der Waals surface area contributed by atoms with E-state index in [0.717, 1.165) is 0 Å². The van der Waals surface area contributed by atoms with Crippen LogP contribution < -0.4 is 0 Å². The number of rotatable bonds is 2. The van der Waals surface area contributed by atoms with E-state index in [1.165, 1.54) is 0 Å². The van der Waals surface area contributed by atoms with Gasteiger partial charge in [0.15, 0.2) is 5.79 Å². The van der Waals surface area contributed by atoms with Gasteiger partial charge in [0.25, 0.3) is 0 Å². The molecule has 0 bridgehead atoms. The summed E-state index contributed by atoms with van der Waals surface area (Å²) in [4.78, 5) is 0. The smallest absolute Gasteiger partial charge is 0.161 e. The summed E-state index contributed by atoms with van der Waals surface area (Å²) in [7, 11) is 3.23. The average molecular weight is 433 g/mol. The van der Waals surface area contributed by atoms with Crippen LogP contribution >= 0.6 is 0 Å². The largest absolute Gasteiger partial charge is 0.354 e. The zero-order valence-corrected chi connectivity index (χ0v) is 25.2. The molecular weight excluding hydrogens is 368 g/mol. The van der Waals surface area contributed by atoms with Crippen molar-refractivity contribution in [2.24, 2.45) is 27.1 Å². The van der Waals surface area contributed by atoms with Gasteiger partial charge in [-0.05, 0) is 40.9 Å². The van der Waals surface area contributed by atoms with Crippen LogP contribution in [0.2, 0.25) is 0 Å². The summed E-state index contributed by atoms with van der Waals surface area (Å²) in [6.45, 7) is 45.7. The van der Waals surface area contributed by atoms with Gasteiger partial charge < -0.3 is 9.47 Å². The van der Waals surface area contributed by atoms with Crippen LogP contribution in [0.25, 0.3) is 0 Å². The van der Waals surface area contributed by atoms with Crippen LogP contribution in [0.5, 0.6) is 0 Å². The quantitative estimate of drug-likeness (QED) is 0.319. The van der Waals surface area contributed by atoms with E-state index in [-0.39, 0.29) is 0 Å².